The van der Waals surface area contributed by atoms with Crippen LogP contribution >= 0.6 is 0 Å². The topological polar surface area (TPSA) is 66.8 Å². The lowest BCUT2D eigenvalue weighted by Gasteiger charge is -2.31. The number of aliphatic carboxylic acids is 1. The molecular weight excluding hydrogens is 306 g/mol. The molecule has 3 rings (SSSR count). The number of ether oxygens (including phenoxy) is 1. The van der Waals surface area contributed by atoms with Crippen LogP contribution in [0, 0.1) is 5.92 Å². The number of para-hydroxylation sites is 1. The fourth-order valence-corrected chi connectivity index (χ4v) is 3.61. The zero-order chi connectivity index (χ0) is 16.9. The first kappa shape index (κ1) is 16.8. The van der Waals surface area contributed by atoms with E-state index >= 15 is 0 Å². The van der Waals surface area contributed by atoms with Gasteiger partial charge in [-0.1, -0.05) is 18.6 Å². The second-order valence-corrected chi connectivity index (χ2v) is 6.78. The maximum Gasteiger partial charge on any atom is 0.306 e. The van der Waals surface area contributed by atoms with Crippen molar-refractivity contribution in [1.82, 2.24) is 4.90 Å². The molecule has 1 aliphatic heterocycles. The van der Waals surface area contributed by atoms with Gasteiger partial charge in [0.2, 0.25) is 0 Å². The first-order valence-corrected chi connectivity index (χ1v) is 8.93. The summed E-state index contributed by atoms with van der Waals surface area (Å²) < 4.78 is 6.12. The molecule has 0 unspecified atom stereocenters. The van der Waals surface area contributed by atoms with Gasteiger partial charge in [-0.05, 0) is 50.7 Å². The van der Waals surface area contributed by atoms with Crippen LogP contribution in [0.3, 0.4) is 0 Å². The largest absolute Gasteiger partial charge is 0.490 e. The SMILES string of the molecule is O=C(O)C1CCN(C(=O)c2ccccc2OC2CCCCC2)CC1. The fourth-order valence-electron chi connectivity index (χ4n) is 3.61. The molecule has 1 saturated heterocycles. The molecule has 0 atom stereocenters. The number of nitrogens with zero attached hydrogens (tertiary/aromatic N) is 1. The second kappa shape index (κ2) is 7.69. The number of hydrogen-bond acceptors (Lipinski definition) is 3. The van der Waals surface area contributed by atoms with Crippen LogP contribution in [-0.2, 0) is 4.79 Å². The third-order valence-corrected chi connectivity index (χ3v) is 5.09. The van der Waals surface area contributed by atoms with Crippen molar-refractivity contribution >= 4 is 11.9 Å². The molecule has 1 heterocycles. The molecule has 2 fully saturated rings. The molecule has 0 aromatic heterocycles. The van der Waals surface area contributed by atoms with Gasteiger partial charge >= 0.3 is 5.97 Å². The Bertz CT molecular complexity index is 587. The van der Waals surface area contributed by atoms with Crippen molar-refractivity contribution in [3.8, 4) is 5.75 Å². The predicted molar refractivity (Wildman–Crippen MR) is 90.2 cm³/mol. The fraction of sp³-hybridized carbons (Fsp3) is 0.579. The van der Waals surface area contributed by atoms with Gasteiger partial charge in [-0.3, -0.25) is 9.59 Å². The van der Waals surface area contributed by atoms with Crippen molar-refractivity contribution in [3.63, 3.8) is 0 Å². The van der Waals surface area contributed by atoms with Gasteiger partial charge in [0.15, 0.2) is 0 Å². The minimum absolute atomic E-state index is 0.0507. The highest BCUT2D eigenvalue weighted by molar-refractivity contribution is 5.97. The van der Waals surface area contributed by atoms with E-state index in [1.54, 1.807) is 4.90 Å². The number of carbonyl (C=O) groups is 2. The summed E-state index contributed by atoms with van der Waals surface area (Å²) in [6.45, 7) is 0.987. The van der Waals surface area contributed by atoms with Crippen LogP contribution in [0.25, 0.3) is 0 Å². The summed E-state index contributed by atoms with van der Waals surface area (Å²) in [5, 5.41) is 9.08. The summed E-state index contributed by atoms with van der Waals surface area (Å²) in [4.78, 5) is 25.6. The van der Waals surface area contributed by atoms with Gasteiger partial charge < -0.3 is 14.7 Å². The molecule has 5 nitrogen and oxygen atoms in total. The van der Waals surface area contributed by atoms with Crippen LogP contribution in [0.1, 0.15) is 55.3 Å². The smallest absolute Gasteiger partial charge is 0.306 e. The first-order valence-electron chi connectivity index (χ1n) is 8.93. The maximum absolute atomic E-state index is 12.8. The normalized spacial score (nSPS) is 19.9. The molecule has 130 valence electrons. The lowest BCUT2D eigenvalue weighted by molar-refractivity contribution is -0.143. The molecule has 0 bridgehead atoms. The van der Waals surface area contributed by atoms with Gasteiger partial charge in [0.05, 0.1) is 17.6 Å². The van der Waals surface area contributed by atoms with Crippen LogP contribution in [0.4, 0.5) is 0 Å². The van der Waals surface area contributed by atoms with Crippen molar-refractivity contribution in [2.45, 2.75) is 51.0 Å². The van der Waals surface area contributed by atoms with Gasteiger partial charge in [-0.15, -0.1) is 0 Å². The molecule has 1 aromatic rings. The predicted octanol–water partition coefficient (Wildman–Crippen LogP) is 3.33. The highest BCUT2D eigenvalue weighted by Gasteiger charge is 2.29. The number of carbonyl (C=O) groups excluding carboxylic acids is 1. The Morgan fingerprint density at radius 3 is 2.33 bits per heavy atom. The molecular formula is C19H25NO4. The molecule has 24 heavy (non-hydrogen) atoms. The number of piperidine rings is 1. The van der Waals surface area contributed by atoms with Crippen LogP contribution in [0.15, 0.2) is 24.3 Å². The molecule has 1 saturated carbocycles. The second-order valence-electron chi connectivity index (χ2n) is 6.78. The molecule has 5 heteroatoms. The van der Waals surface area contributed by atoms with Gasteiger partial charge in [0.25, 0.3) is 5.91 Å². The van der Waals surface area contributed by atoms with E-state index in [0.29, 0.717) is 37.2 Å². The number of hydrogen-bond donors (Lipinski definition) is 1. The van der Waals surface area contributed by atoms with Gasteiger partial charge in [-0.25, -0.2) is 0 Å². The Labute approximate surface area is 142 Å². The average Bonchev–Trinajstić information content (AvgIpc) is 2.62. The number of rotatable bonds is 4. The summed E-state index contributed by atoms with van der Waals surface area (Å²) in [5.41, 5.74) is 0.594. The van der Waals surface area contributed by atoms with E-state index in [4.69, 9.17) is 9.84 Å². The first-order chi connectivity index (χ1) is 11.6. The van der Waals surface area contributed by atoms with E-state index in [9.17, 15) is 9.59 Å². The van der Waals surface area contributed by atoms with E-state index < -0.39 is 5.97 Å². The molecule has 0 radical (unpaired) electrons. The molecule has 1 aliphatic carbocycles. The van der Waals surface area contributed by atoms with Gasteiger partial charge in [-0.2, -0.15) is 0 Å². The van der Waals surface area contributed by atoms with Crippen molar-refractivity contribution in [2.24, 2.45) is 5.92 Å². The number of likely N-dealkylation sites (tertiary alicyclic amines) is 1. The summed E-state index contributed by atoms with van der Waals surface area (Å²) >= 11 is 0. The summed E-state index contributed by atoms with van der Waals surface area (Å²) in [6, 6.07) is 7.42. The Morgan fingerprint density at radius 2 is 1.67 bits per heavy atom. The molecule has 1 amide bonds. The van der Waals surface area contributed by atoms with Crippen molar-refractivity contribution < 1.29 is 19.4 Å². The molecule has 0 spiro atoms. The van der Waals surface area contributed by atoms with Crippen LogP contribution in [0.2, 0.25) is 0 Å². The van der Waals surface area contributed by atoms with E-state index in [-0.39, 0.29) is 17.9 Å². The van der Waals surface area contributed by atoms with E-state index in [1.807, 2.05) is 24.3 Å². The zero-order valence-corrected chi connectivity index (χ0v) is 13.9. The number of amides is 1. The van der Waals surface area contributed by atoms with Gasteiger partial charge in [0, 0.05) is 13.1 Å². The minimum Gasteiger partial charge on any atom is -0.490 e. The van der Waals surface area contributed by atoms with Crippen molar-refractivity contribution in [1.29, 1.82) is 0 Å². The minimum atomic E-state index is -0.761. The average molecular weight is 331 g/mol. The van der Waals surface area contributed by atoms with Crippen molar-refractivity contribution in [2.75, 3.05) is 13.1 Å². The van der Waals surface area contributed by atoms with Crippen LogP contribution in [-0.4, -0.2) is 41.1 Å². The van der Waals surface area contributed by atoms with E-state index in [0.717, 1.165) is 12.8 Å². The van der Waals surface area contributed by atoms with E-state index in [1.165, 1.54) is 19.3 Å². The Balaban J connectivity index is 1.67. The van der Waals surface area contributed by atoms with E-state index in [2.05, 4.69) is 0 Å². The lowest BCUT2D eigenvalue weighted by Crippen LogP contribution is -2.40. The summed E-state index contributed by atoms with van der Waals surface area (Å²) in [5.74, 6) is -0.481. The maximum atomic E-state index is 12.8. The molecule has 2 aliphatic rings. The third kappa shape index (κ3) is 3.89. The molecule has 1 N–H and O–H groups in total. The Kier molecular flexibility index (Phi) is 5.38. The quantitative estimate of drug-likeness (QED) is 0.919. The third-order valence-electron chi connectivity index (χ3n) is 5.09. The van der Waals surface area contributed by atoms with Crippen LogP contribution in [0.5, 0.6) is 5.75 Å². The monoisotopic (exact) mass is 331 g/mol. The lowest BCUT2D eigenvalue weighted by atomic mass is 9.96. The van der Waals surface area contributed by atoms with Crippen LogP contribution < -0.4 is 4.74 Å². The zero-order valence-electron chi connectivity index (χ0n) is 13.9. The molecule has 1 aromatic carbocycles. The van der Waals surface area contributed by atoms with Crippen molar-refractivity contribution in [3.05, 3.63) is 29.8 Å². The highest BCUT2D eigenvalue weighted by Crippen LogP contribution is 2.28. The summed E-state index contributed by atoms with van der Waals surface area (Å²) in [6.07, 6.45) is 6.97. The number of benzene rings is 1. The Morgan fingerprint density at radius 1 is 1.00 bits per heavy atom. The van der Waals surface area contributed by atoms with Gasteiger partial charge in [0.1, 0.15) is 5.75 Å². The Hall–Kier alpha value is -2.04. The summed E-state index contributed by atoms with van der Waals surface area (Å²) in [7, 11) is 0. The number of carboxylic acid groups (broad SMARTS) is 1. The highest BCUT2D eigenvalue weighted by atomic mass is 16.5. The standard InChI is InChI=1S/C19H25NO4/c21-18(20-12-10-14(11-13-20)19(22)23)16-8-4-5-9-17(16)24-15-6-2-1-3-7-15/h4-5,8-9,14-15H,1-3,6-7,10-13H2,(H,22,23). The number of carboxylic acids is 1.